The summed E-state index contributed by atoms with van der Waals surface area (Å²) in [7, 11) is 0. The number of hydrogen-bond acceptors (Lipinski definition) is 2. The Morgan fingerprint density at radius 1 is 1.25 bits per heavy atom. The lowest BCUT2D eigenvalue weighted by Crippen LogP contribution is -2.40. The molecule has 0 aliphatic carbocycles. The van der Waals surface area contributed by atoms with Gasteiger partial charge in [0, 0.05) is 35.2 Å². The topological polar surface area (TPSA) is 51.3 Å². The minimum Gasteiger partial charge on any atom is -0.339 e. The summed E-state index contributed by atoms with van der Waals surface area (Å²) in [5.74, 6) is 0.666. The summed E-state index contributed by atoms with van der Waals surface area (Å²) in [6.45, 7) is 6.31. The maximum absolute atomic E-state index is 12.9. The molecule has 3 rings (SSSR count). The van der Waals surface area contributed by atoms with Crippen LogP contribution in [-0.4, -0.2) is 35.0 Å². The van der Waals surface area contributed by atoms with Gasteiger partial charge in [0.25, 0.3) is 5.91 Å². The molecule has 0 radical (unpaired) electrons. The van der Waals surface area contributed by atoms with E-state index in [1.165, 1.54) is 0 Å². The summed E-state index contributed by atoms with van der Waals surface area (Å²) in [5, 5.41) is 0.691. The number of benzene rings is 1. The SMILES string of the molecule is Cc1cc(C(=O)N2CCC(CN)CC2)c(C)n1-c1cccc(Cl)c1. The molecular weight excluding hydrogens is 322 g/mol. The molecule has 0 unspecified atom stereocenters. The van der Waals surface area contributed by atoms with E-state index in [2.05, 4.69) is 4.57 Å². The molecule has 0 atom stereocenters. The fourth-order valence-corrected chi connectivity index (χ4v) is 3.72. The van der Waals surface area contributed by atoms with Gasteiger partial charge in [0.2, 0.25) is 0 Å². The number of piperidine rings is 1. The van der Waals surface area contributed by atoms with Crippen LogP contribution in [0, 0.1) is 19.8 Å². The molecule has 0 bridgehead atoms. The van der Waals surface area contributed by atoms with Gasteiger partial charge in [-0.2, -0.15) is 0 Å². The zero-order chi connectivity index (χ0) is 17.3. The molecule has 2 N–H and O–H groups in total. The number of nitrogens with two attached hydrogens (primary N) is 1. The number of amides is 1. The maximum Gasteiger partial charge on any atom is 0.255 e. The zero-order valence-electron chi connectivity index (χ0n) is 14.3. The molecule has 1 amide bonds. The zero-order valence-corrected chi connectivity index (χ0v) is 15.0. The Balaban J connectivity index is 1.88. The summed E-state index contributed by atoms with van der Waals surface area (Å²) in [5.41, 5.74) is 9.50. The van der Waals surface area contributed by atoms with Crippen LogP contribution in [0.3, 0.4) is 0 Å². The average Bonchev–Trinajstić information content (AvgIpc) is 2.89. The molecular formula is C19H24ClN3O. The number of aryl methyl sites for hydroxylation is 1. The van der Waals surface area contributed by atoms with Crippen LogP contribution in [-0.2, 0) is 0 Å². The van der Waals surface area contributed by atoms with Gasteiger partial charge in [-0.15, -0.1) is 0 Å². The van der Waals surface area contributed by atoms with Crippen molar-refractivity contribution in [1.82, 2.24) is 9.47 Å². The molecule has 128 valence electrons. The molecule has 2 aromatic rings. The first-order valence-electron chi connectivity index (χ1n) is 8.45. The van der Waals surface area contributed by atoms with Crippen LogP contribution in [0.15, 0.2) is 30.3 Å². The highest BCUT2D eigenvalue weighted by Gasteiger charge is 2.25. The van der Waals surface area contributed by atoms with E-state index < -0.39 is 0 Å². The summed E-state index contributed by atoms with van der Waals surface area (Å²) >= 11 is 6.12. The predicted octanol–water partition coefficient (Wildman–Crippen LogP) is 3.56. The van der Waals surface area contributed by atoms with Gasteiger partial charge in [-0.1, -0.05) is 17.7 Å². The summed E-state index contributed by atoms with van der Waals surface area (Å²) in [4.78, 5) is 14.9. The van der Waals surface area contributed by atoms with Crippen LogP contribution in [0.4, 0.5) is 0 Å². The second-order valence-electron chi connectivity index (χ2n) is 6.57. The second kappa shape index (κ2) is 6.99. The number of aromatic nitrogens is 1. The van der Waals surface area contributed by atoms with Crippen LogP contribution in [0.5, 0.6) is 0 Å². The molecule has 5 heteroatoms. The Morgan fingerprint density at radius 3 is 2.58 bits per heavy atom. The van der Waals surface area contributed by atoms with Crippen LogP contribution >= 0.6 is 11.6 Å². The minimum atomic E-state index is 0.117. The number of nitrogens with zero attached hydrogens (tertiary/aromatic N) is 2. The van der Waals surface area contributed by atoms with Crippen molar-refractivity contribution < 1.29 is 4.79 Å². The number of carbonyl (C=O) groups excluding carboxylic acids is 1. The molecule has 1 aliphatic rings. The Kier molecular flexibility index (Phi) is 4.97. The number of likely N-dealkylation sites (tertiary alicyclic amines) is 1. The van der Waals surface area contributed by atoms with E-state index in [-0.39, 0.29) is 5.91 Å². The highest BCUT2D eigenvalue weighted by Crippen LogP contribution is 2.25. The van der Waals surface area contributed by atoms with Crippen molar-refractivity contribution in [2.75, 3.05) is 19.6 Å². The van der Waals surface area contributed by atoms with Gasteiger partial charge in [0.15, 0.2) is 0 Å². The smallest absolute Gasteiger partial charge is 0.255 e. The molecule has 4 nitrogen and oxygen atoms in total. The first kappa shape index (κ1) is 17.1. The van der Waals surface area contributed by atoms with E-state index in [0.29, 0.717) is 17.5 Å². The average molecular weight is 346 g/mol. The third-order valence-electron chi connectivity index (χ3n) is 4.96. The van der Waals surface area contributed by atoms with Crippen LogP contribution in [0.1, 0.15) is 34.6 Å². The van der Waals surface area contributed by atoms with Crippen LogP contribution in [0.2, 0.25) is 5.02 Å². The monoisotopic (exact) mass is 345 g/mol. The van der Waals surface area contributed by atoms with Crippen molar-refractivity contribution in [2.24, 2.45) is 11.7 Å². The summed E-state index contributed by atoms with van der Waals surface area (Å²) < 4.78 is 2.09. The number of rotatable bonds is 3. The van der Waals surface area contributed by atoms with Gasteiger partial charge in [-0.25, -0.2) is 0 Å². The van der Waals surface area contributed by atoms with E-state index >= 15 is 0 Å². The lowest BCUT2D eigenvalue weighted by Gasteiger charge is -2.31. The Morgan fingerprint density at radius 2 is 1.96 bits per heavy atom. The van der Waals surface area contributed by atoms with E-state index in [1.807, 2.05) is 49.1 Å². The minimum absolute atomic E-state index is 0.117. The molecule has 0 saturated carbocycles. The molecule has 1 aliphatic heterocycles. The van der Waals surface area contributed by atoms with E-state index in [9.17, 15) is 4.79 Å². The molecule has 1 fully saturated rings. The highest BCUT2D eigenvalue weighted by molar-refractivity contribution is 6.30. The van der Waals surface area contributed by atoms with Gasteiger partial charge >= 0.3 is 0 Å². The van der Waals surface area contributed by atoms with E-state index in [0.717, 1.165) is 48.6 Å². The summed E-state index contributed by atoms with van der Waals surface area (Å²) in [6.07, 6.45) is 1.99. The largest absolute Gasteiger partial charge is 0.339 e. The molecule has 2 heterocycles. The first-order valence-corrected chi connectivity index (χ1v) is 8.83. The predicted molar refractivity (Wildman–Crippen MR) is 97.9 cm³/mol. The number of hydrogen-bond donors (Lipinski definition) is 1. The molecule has 1 aromatic carbocycles. The Bertz CT molecular complexity index is 745. The van der Waals surface area contributed by atoms with Crippen LogP contribution in [0.25, 0.3) is 5.69 Å². The lowest BCUT2D eigenvalue weighted by molar-refractivity contribution is 0.0692. The van der Waals surface area contributed by atoms with Crippen molar-refractivity contribution in [2.45, 2.75) is 26.7 Å². The third kappa shape index (κ3) is 3.21. The normalized spacial score (nSPS) is 15.8. The molecule has 1 aromatic heterocycles. The molecule has 24 heavy (non-hydrogen) atoms. The van der Waals surface area contributed by atoms with Crippen molar-refractivity contribution in [3.8, 4) is 5.69 Å². The van der Waals surface area contributed by atoms with Gasteiger partial charge < -0.3 is 15.2 Å². The van der Waals surface area contributed by atoms with Crippen molar-refractivity contribution in [3.63, 3.8) is 0 Å². The first-order chi connectivity index (χ1) is 11.5. The Labute approximate surface area is 148 Å². The standard InChI is InChI=1S/C19H24ClN3O/c1-13-10-18(19(24)22-8-6-15(12-21)7-9-22)14(2)23(13)17-5-3-4-16(20)11-17/h3-5,10-11,15H,6-9,12,21H2,1-2H3. The fraction of sp³-hybridized carbons (Fsp3) is 0.421. The van der Waals surface area contributed by atoms with Gasteiger partial charge in [0.1, 0.15) is 0 Å². The third-order valence-corrected chi connectivity index (χ3v) is 5.20. The van der Waals surface area contributed by atoms with Crippen molar-refractivity contribution >= 4 is 17.5 Å². The summed E-state index contributed by atoms with van der Waals surface area (Å²) in [6, 6.07) is 9.69. The lowest BCUT2D eigenvalue weighted by atomic mass is 9.96. The van der Waals surface area contributed by atoms with E-state index in [4.69, 9.17) is 17.3 Å². The van der Waals surface area contributed by atoms with E-state index in [1.54, 1.807) is 0 Å². The van der Waals surface area contributed by atoms with Gasteiger partial charge in [-0.3, -0.25) is 4.79 Å². The quantitative estimate of drug-likeness (QED) is 0.924. The molecule has 0 spiro atoms. The highest BCUT2D eigenvalue weighted by atomic mass is 35.5. The fourth-order valence-electron chi connectivity index (χ4n) is 3.53. The molecule has 1 saturated heterocycles. The van der Waals surface area contributed by atoms with Gasteiger partial charge in [-0.05, 0) is 63.4 Å². The number of halogens is 1. The van der Waals surface area contributed by atoms with Crippen LogP contribution < -0.4 is 5.73 Å². The second-order valence-corrected chi connectivity index (χ2v) is 7.01. The Hall–Kier alpha value is -1.78. The van der Waals surface area contributed by atoms with Gasteiger partial charge in [0.05, 0.1) is 5.56 Å². The van der Waals surface area contributed by atoms with Crippen molar-refractivity contribution in [3.05, 3.63) is 52.3 Å². The number of carbonyl (C=O) groups is 1. The van der Waals surface area contributed by atoms with Crippen molar-refractivity contribution in [1.29, 1.82) is 0 Å². The maximum atomic E-state index is 12.9.